The summed E-state index contributed by atoms with van der Waals surface area (Å²) >= 11 is 0. The highest BCUT2D eigenvalue weighted by molar-refractivity contribution is 7.47. The van der Waals surface area contributed by atoms with Crippen molar-refractivity contribution >= 4 is 19.8 Å². The molecule has 310 valence electrons. The lowest BCUT2D eigenvalue weighted by molar-refractivity contribution is -0.153. The van der Waals surface area contributed by atoms with Crippen molar-refractivity contribution in [2.24, 2.45) is 0 Å². The van der Waals surface area contributed by atoms with Gasteiger partial charge in [0.1, 0.15) is 12.2 Å². The minimum Gasteiger partial charge on any atom is -0.457 e. The van der Waals surface area contributed by atoms with Crippen LogP contribution in [-0.4, -0.2) is 65.7 Å². The van der Waals surface area contributed by atoms with Crippen molar-refractivity contribution < 1.29 is 47.8 Å². The lowest BCUT2D eigenvalue weighted by atomic mass is 10.1. The van der Waals surface area contributed by atoms with E-state index in [0.29, 0.717) is 12.8 Å². The second-order valence-corrected chi connectivity index (χ2v) is 14.7. The predicted octanol–water partition coefficient (Wildman–Crippen LogP) is 10.5. The van der Waals surface area contributed by atoms with Crippen molar-refractivity contribution in [2.75, 3.05) is 26.4 Å². The van der Waals surface area contributed by atoms with Crippen molar-refractivity contribution in [1.82, 2.24) is 0 Å². The van der Waals surface area contributed by atoms with Gasteiger partial charge in [-0.1, -0.05) is 132 Å². The van der Waals surface area contributed by atoms with Crippen LogP contribution < -0.4 is 0 Å². The Bertz CT molecular complexity index is 1130. The molecule has 54 heavy (non-hydrogen) atoms. The zero-order valence-corrected chi connectivity index (χ0v) is 34.3. The van der Waals surface area contributed by atoms with Crippen molar-refractivity contribution in [1.29, 1.82) is 0 Å². The summed E-state index contributed by atoms with van der Waals surface area (Å²) in [7, 11) is -4.65. The van der Waals surface area contributed by atoms with E-state index in [4.69, 9.17) is 18.5 Å². The molecule has 0 aliphatic heterocycles. The summed E-state index contributed by atoms with van der Waals surface area (Å²) in [5, 5.41) is 19.1. The lowest BCUT2D eigenvalue weighted by Crippen LogP contribution is -2.28. The monoisotopic (exact) mass is 780 g/mol. The van der Waals surface area contributed by atoms with Crippen LogP contribution in [0.5, 0.6) is 0 Å². The molecule has 0 heterocycles. The molecular formula is C43H73O10P. The highest BCUT2D eigenvalue weighted by atomic mass is 31.2. The van der Waals surface area contributed by atoms with Gasteiger partial charge in [0.25, 0.3) is 0 Å². The van der Waals surface area contributed by atoms with E-state index in [1.54, 1.807) is 0 Å². The number of aliphatic hydroxyl groups is 2. The second-order valence-electron chi connectivity index (χ2n) is 13.2. The molecule has 3 unspecified atom stereocenters. The summed E-state index contributed by atoms with van der Waals surface area (Å²) in [6.07, 6.45) is 43.0. The molecule has 0 bridgehead atoms. The van der Waals surface area contributed by atoms with Gasteiger partial charge >= 0.3 is 19.8 Å². The summed E-state index contributed by atoms with van der Waals surface area (Å²) in [4.78, 5) is 34.4. The molecule has 0 saturated heterocycles. The van der Waals surface area contributed by atoms with Gasteiger partial charge in [-0.25, -0.2) is 4.57 Å². The van der Waals surface area contributed by atoms with Crippen molar-refractivity contribution in [2.45, 2.75) is 161 Å². The maximum absolute atomic E-state index is 12.3. The van der Waals surface area contributed by atoms with Crippen LogP contribution in [0.2, 0.25) is 0 Å². The van der Waals surface area contributed by atoms with E-state index in [9.17, 15) is 29.3 Å². The second kappa shape index (κ2) is 38.7. The molecule has 0 saturated carbocycles. The molecule has 3 N–H and O–H groups in total. The van der Waals surface area contributed by atoms with E-state index in [0.717, 1.165) is 96.3 Å². The van der Waals surface area contributed by atoms with Gasteiger partial charge in [0.05, 0.1) is 26.4 Å². The number of esters is 2. The molecule has 0 rings (SSSR count). The molecule has 0 amide bonds. The SMILES string of the molecule is CC/C=C\C/C=C\C/C=C\C/C=C\CCCCCCC(=O)OC(CO)COP(=O)(O)OCC(CO)OC(=O)CCCCCCC/C=C\C/C=C\CCCC. The fraction of sp³-hybridized carbons (Fsp3) is 0.674. The van der Waals surface area contributed by atoms with Crippen LogP contribution in [0.4, 0.5) is 0 Å². The molecule has 0 aromatic carbocycles. The Balaban J connectivity index is 4.03. The van der Waals surface area contributed by atoms with Crippen LogP contribution in [0.15, 0.2) is 72.9 Å². The Kier molecular flexibility index (Phi) is 36.8. The minimum atomic E-state index is -4.65. The van der Waals surface area contributed by atoms with E-state index in [2.05, 4.69) is 86.8 Å². The van der Waals surface area contributed by atoms with Crippen molar-refractivity contribution in [3.8, 4) is 0 Å². The number of allylic oxidation sites excluding steroid dienone is 12. The molecule has 0 aromatic rings. The number of phosphoric acid groups is 1. The smallest absolute Gasteiger partial charge is 0.457 e. The first-order chi connectivity index (χ1) is 26.3. The maximum Gasteiger partial charge on any atom is 0.472 e. The molecule has 3 atom stereocenters. The topological polar surface area (TPSA) is 149 Å². The molecule has 10 nitrogen and oxygen atoms in total. The van der Waals surface area contributed by atoms with Gasteiger partial charge in [-0.05, 0) is 77.0 Å². The first kappa shape index (κ1) is 51.4. The van der Waals surface area contributed by atoms with Crippen molar-refractivity contribution in [3.63, 3.8) is 0 Å². The van der Waals surface area contributed by atoms with Gasteiger partial charge < -0.3 is 24.6 Å². The zero-order chi connectivity index (χ0) is 39.8. The molecule has 0 spiro atoms. The third-order valence-electron chi connectivity index (χ3n) is 8.15. The summed E-state index contributed by atoms with van der Waals surface area (Å²) < 4.78 is 32.5. The normalized spacial score (nSPS) is 14.7. The molecule has 0 radical (unpaired) electrons. The third-order valence-corrected chi connectivity index (χ3v) is 9.10. The summed E-state index contributed by atoms with van der Waals surface area (Å²) in [6, 6.07) is 0. The molecule has 0 aromatic heterocycles. The molecule has 0 aliphatic rings. The number of unbranched alkanes of at least 4 members (excludes halogenated alkanes) is 11. The maximum atomic E-state index is 12.3. The first-order valence-corrected chi connectivity index (χ1v) is 21.9. The fourth-order valence-electron chi connectivity index (χ4n) is 5.00. The van der Waals surface area contributed by atoms with Crippen LogP contribution in [0, 0.1) is 0 Å². The molecule has 0 fully saturated rings. The quantitative estimate of drug-likeness (QED) is 0.0241. The van der Waals surface area contributed by atoms with Crippen LogP contribution >= 0.6 is 7.82 Å². The minimum absolute atomic E-state index is 0.159. The van der Waals surface area contributed by atoms with Gasteiger partial charge in [0, 0.05) is 12.8 Å². The fourth-order valence-corrected chi connectivity index (χ4v) is 5.79. The first-order valence-electron chi connectivity index (χ1n) is 20.4. The molecule has 11 heteroatoms. The van der Waals surface area contributed by atoms with Crippen LogP contribution in [0.3, 0.4) is 0 Å². The Morgan fingerprint density at radius 3 is 1.26 bits per heavy atom. The Morgan fingerprint density at radius 1 is 0.519 bits per heavy atom. The standard InChI is InChI=1S/C43H73O10P/c1-3-5-7-9-11-13-15-17-19-20-21-23-25-27-29-31-33-35-43(47)53-41(37-45)39-51-54(48,49)50-38-40(36-44)52-42(46)34-32-30-28-26-24-22-18-16-14-12-10-8-6-4-2/h5,7,10-13,16-19,21,23,40-41,44-45H,3-4,6,8-9,14-15,20,22,24-39H2,1-2H3,(H,48,49)/b7-5-,12-10-,13-11-,18-16-,19-17-,23-21-. The average molecular weight is 781 g/mol. The van der Waals surface area contributed by atoms with E-state index < -0.39 is 58.4 Å². The average Bonchev–Trinajstić information content (AvgIpc) is 3.16. The van der Waals surface area contributed by atoms with Gasteiger partial charge in [-0.3, -0.25) is 18.6 Å². The van der Waals surface area contributed by atoms with Crippen LogP contribution in [-0.2, 0) is 32.7 Å². The zero-order valence-electron chi connectivity index (χ0n) is 33.4. The number of carbonyl (C=O) groups is 2. The number of hydrogen-bond acceptors (Lipinski definition) is 9. The number of phosphoric ester groups is 1. The van der Waals surface area contributed by atoms with Crippen LogP contribution in [0.1, 0.15) is 149 Å². The van der Waals surface area contributed by atoms with Gasteiger partial charge in [-0.2, -0.15) is 0 Å². The summed E-state index contributed by atoms with van der Waals surface area (Å²) in [6.45, 7) is 1.98. The van der Waals surface area contributed by atoms with E-state index >= 15 is 0 Å². The number of aliphatic hydroxyl groups excluding tert-OH is 2. The Labute approximate surface area is 327 Å². The van der Waals surface area contributed by atoms with E-state index in [1.807, 2.05) is 0 Å². The molecule has 0 aliphatic carbocycles. The Morgan fingerprint density at radius 2 is 0.870 bits per heavy atom. The highest BCUT2D eigenvalue weighted by Crippen LogP contribution is 2.43. The van der Waals surface area contributed by atoms with Gasteiger partial charge in [-0.15, -0.1) is 0 Å². The van der Waals surface area contributed by atoms with E-state index in [-0.39, 0.29) is 12.8 Å². The van der Waals surface area contributed by atoms with E-state index in [1.165, 1.54) is 12.8 Å². The number of carbonyl (C=O) groups excluding carboxylic acids is 2. The van der Waals surface area contributed by atoms with Gasteiger partial charge in [0.15, 0.2) is 0 Å². The lowest BCUT2D eigenvalue weighted by Gasteiger charge is -2.20. The third kappa shape index (κ3) is 36.4. The summed E-state index contributed by atoms with van der Waals surface area (Å²) in [5.41, 5.74) is 0. The number of rotatable bonds is 37. The Hall–Kier alpha value is -2.59. The summed E-state index contributed by atoms with van der Waals surface area (Å²) in [5.74, 6) is -1.06. The number of hydrogen-bond donors (Lipinski definition) is 3. The van der Waals surface area contributed by atoms with Crippen LogP contribution in [0.25, 0.3) is 0 Å². The molecular weight excluding hydrogens is 707 g/mol. The predicted molar refractivity (Wildman–Crippen MR) is 219 cm³/mol. The largest absolute Gasteiger partial charge is 0.472 e. The van der Waals surface area contributed by atoms with Gasteiger partial charge in [0.2, 0.25) is 0 Å². The highest BCUT2D eigenvalue weighted by Gasteiger charge is 2.27. The number of ether oxygens (including phenoxy) is 2. The van der Waals surface area contributed by atoms with Crippen molar-refractivity contribution in [3.05, 3.63) is 72.9 Å².